The molecular formula is C18H20O2. The topological polar surface area (TPSA) is 18.5 Å². The van der Waals surface area contributed by atoms with E-state index in [4.69, 9.17) is 9.47 Å². The molecule has 0 aromatic heterocycles. The monoisotopic (exact) mass is 268 g/mol. The van der Waals surface area contributed by atoms with Gasteiger partial charge in [-0.2, -0.15) is 0 Å². The van der Waals surface area contributed by atoms with Crippen LogP contribution in [0.15, 0.2) is 36.4 Å². The van der Waals surface area contributed by atoms with E-state index in [1.807, 2.05) is 18.2 Å². The van der Waals surface area contributed by atoms with Gasteiger partial charge in [-0.1, -0.05) is 36.4 Å². The van der Waals surface area contributed by atoms with Gasteiger partial charge in [-0.25, -0.2) is 0 Å². The quantitative estimate of drug-likeness (QED) is 0.761. The molecular weight excluding hydrogens is 248 g/mol. The van der Waals surface area contributed by atoms with Crippen LogP contribution in [0.25, 0.3) is 12.2 Å². The smallest absolute Gasteiger partial charge is 0.161 e. The summed E-state index contributed by atoms with van der Waals surface area (Å²) in [5.74, 6) is 1.49. The maximum atomic E-state index is 5.30. The van der Waals surface area contributed by atoms with Crippen LogP contribution >= 0.6 is 0 Å². The molecule has 20 heavy (non-hydrogen) atoms. The summed E-state index contributed by atoms with van der Waals surface area (Å²) in [5.41, 5.74) is 4.90. The van der Waals surface area contributed by atoms with E-state index < -0.39 is 0 Å². The minimum absolute atomic E-state index is 0.745. The summed E-state index contributed by atoms with van der Waals surface area (Å²) in [6.45, 7) is 4.25. The molecule has 0 fully saturated rings. The van der Waals surface area contributed by atoms with Crippen molar-refractivity contribution in [2.75, 3.05) is 14.2 Å². The number of hydrogen-bond acceptors (Lipinski definition) is 2. The summed E-state index contributed by atoms with van der Waals surface area (Å²) in [4.78, 5) is 0. The van der Waals surface area contributed by atoms with Crippen LogP contribution in [0, 0.1) is 13.8 Å². The zero-order chi connectivity index (χ0) is 14.5. The van der Waals surface area contributed by atoms with Gasteiger partial charge >= 0.3 is 0 Å². The van der Waals surface area contributed by atoms with Gasteiger partial charge in [0.25, 0.3) is 0 Å². The van der Waals surface area contributed by atoms with Crippen molar-refractivity contribution < 1.29 is 9.47 Å². The first-order valence-corrected chi connectivity index (χ1v) is 6.61. The number of hydrogen-bond donors (Lipinski definition) is 0. The highest BCUT2D eigenvalue weighted by molar-refractivity contribution is 5.71. The molecule has 0 N–H and O–H groups in total. The molecule has 0 saturated carbocycles. The van der Waals surface area contributed by atoms with Gasteiger partial charge in [-0.3, -0.25) is 0 Å². The molecule has 0 bridgehead atoms. The standard InChI is InChI=1S/C18H20O2/c1-13-5-6-15(11-14(13)2)7-8-16-9-10-17(19-3)18(12-16)20-4/h5-12H,1-4H3/b8-7+. The van der Waals surface area contributed by atoms with E-state index in [2.05, 4.69) is 44.2 Å². The van der Waals surface area contributed by atoms with Crippen LogP contribution in [0.2, 0.25) is 0 Å². The van der Waals surface area contributed by atoms with Gasteiger partial charge in [-0.05, 0) is 48.2 Å². The summed E-state index contributed by atoms with van der Waals surface area (Å²) in [7, 11) is 3.29. The second kappa shape index (κ2) is 6.29. The molecule has 2 aromatic rings. The maximum Gasteiger partial charge on any atom is 0.161 e. The third kappa shape index (κ3) is 3.21. The molecule has 0 saturated heterocycles. The Morgan fingerprint density at radius 1 is 0.700 bits per heavy atom. The van der Waals surface area contributed by atoms with Gasteiger partial charge in [-0.15, -0.1) is 0 Å². The number of benzene rings is 2. The van der Waals surface area contributed by atoms with Crippen molar-refractivity contribution in [3.63, 3.8) is 0 Å². The van der Waals surface area contributed by atoms with Gasteiger partial charge in [0.1, 0.15) is 0 Å². The van der Waals surface area contributed by atoms with Gasteiger partial charge in [0.05, 0.1) is 14.2 Å². The van der Waals surface area contributed by atoms with E-state index in [1.54, 1.807) is 14.2 Å². The molecule has 0 radical (unpaired) electrons. The normalized spacial score (nSPS) is 10.8. The zero-order valence-corrected chi connectivity index (χ0v) is 12.4. The Morgan fingerprint density at radius 3 is 1.90 bits per heavy atom. The van der Waals surface area contributed by atoms with E-state index in [9.17, 15) is 0 Å². The molecule has 0 aliphatic heterocycles. The minimum atomic E-state index is 0.745. The van der Waals surface area contributed by atoms with Gasteiger partial charge < -0.3 is 9.47 Å². The Labute approximate surface area is 120 Å². The Morgan fingerprint density at radius 2 is 1.30 bits per heavy atom. The summed E-state index contributed by atoms with van der Waals surface area (Å²) in [6, 6.07) is 12.4. The summed E-state index contributed by atoms with van der Waals surface area (Å²) >= 11 is 0. The fourth-order valence-corrected chi connectivity index (χ4v) is 2.02. The van der Waals surface area contributed by atoms with E-state index in [0.717, 1.165) is 17.1 Å². The second-order valence-corrected chi connectivity index (χ2v) is 4.79. The Balaban J connectivity index is 2.24. The predicted octanol–water partition coefficient (Wildman–Crippen LogP) is 4.49. The van der Waals surface area contributed by atoms with Crippen molar-refractivity contribution in [1.29, 1.82) is 0 Å². The maximum absolute atomic E-state index is 5.30. The highest BCUT2D eigenvalue weighted by Gasteiger charge is 2.02. The molecule has 0 spiro atoms. The fraction of sp³-hybridized carbons (Fsp3) is 0.222. The third-order valence-corrected chi connectivity index (χ3v) is 3.41. The lowest BCUT2D eigenvalue weighted by molar-refractivity contribution is 0.355. The number of ether oxygens (including phenoxy) is 2. The first-order valence-electron chi connectivity index (χ1n) is 6.61. The molecule has 2 heteroatoms. The van der Waals surface area contributed by atoms with Crippen molar-refractivity contribution in [1.82, 2.24) is 0 Å². The largest absolute Gasteiger partial charge is 0.493 e. The van der Waals surface area contributed by atoms with Crippen molar-refractivity contribution in [2.24, 2.45) is 0 Å². The highest BCUT2D eigenvalue weighted by Crippen LogP contribution is 2.28. The molecule has 0 aliphatic carbocycles. The highest BCUT2D eigenvalue weighted by atomic mass is 16.5. The van der Waals surface area contributed by atoms with Crippen molar-refractivity contribution >= 4 is 12.2 Å². The number of methoxy groups -OCH3 is 2. The molecule has 104 valence electrons. The Bertz CT molecular complexity index is 627. The molecule has 2 nitrogen and oxygen atoms in total. The SMILES string of the molecule is COc1ccc(/C=C/c2ccc(C)c(C)c2)cc1OC. The minimum Gasteiger partial charge on any atom is -0.493 e. The van der Waals surface area contributed by atoms with Crippen LogP contribution in [0.1, 0.15) is 22.3 Å². The predicted molar refractivity (Wildman–Crippen MR) is 84.4 cm³/mol. The average Bonchev–Trinajstić information content (AvgIpc) is 2.48. The van der Waals surface area contributed by atoms with Gasteiger partial charge in [0.2, 0.25) is 0 Å². The van der Waals surface area contributed by atoms with Crippen LogP contribution in [0.3, 0.4) is 0 Å². The molecule has 0 unspecified atom stereocenters. The summed E-state index contributed by atoms with van der Waals surface area (Å²) in [6.07, 6.45) is 4.18. The lowest BCUT2D eigenvalue weighted by Gasteiger charge is -2.07. The van der Waals surface area contributed by atoms with Crippen LogP contribution in [-0.4, -0.2) is 14.2 Å². The first kappa shape index (κ1) is 14.2. The van der Waals surface area contributed by atoms with Crippen molar-refractivity contribution in [2.45, 2.75) is 13.8 Å². The molecule has 0 amide bonds. The molecule has 2 rings (SSSR count). The van der Waals surface area contributed by atoms with Crippen molar-refractivity contribution in [3.8, 4) is 11.5 Å². The van der Waals surface area contributed by atoms with E-state index in [0.29, 0.717) is 0 Å². The van der Waals surface area contributed by atoms with Crippen LogP contribution in [-0.2, 0) is 0 Å². The van der Waals surface area contributed by atoms with Crippen LogP contribution < -0.4 is 9.47 Å². The zero-order valence-electron chi connectivity index (χ0n) is 12.4. The summed E-state index contributed by atoms with van der Waals surface area (Å²) < 4.78 is 10.5. The Kier molecular flexibility index (Phi) is 4.46. The number of aryl methyl sites for hydroxylation is 2. The lowest BCUT2D eigenvalue weighted by Crippen LogP contribution is -1.90. The van der Waals surface area contributed by atoms with Crippen LogP contribution in [0.5, 0.6) is 11.5 Å². The van der Waals surface area contributed by atoms with Crippen LogP contribution in [0.4, 0.5) is 0 Å². The second-order valence-electron chi connectivity index (χ2n) is 4.79. The molecule has 0 aliphatic rings. The molecule has 2 aromatic carbocycles. The van der Waals surface area contributed by atoms with Crippen molar-refractivity contribution in [3.05, 3.63) is 58.7 Å². The first-order chi connectivity index (χ1) is 9.63. The number of rotatable bonds is 4. The Hall–Kier alpha value is -2.22. The van der Waals surface area contributed by atoms with E-state index in [1.165, 1.54) is 16.7 Å². The van der Waals surface area contributed by atoms with Gasteiger partial charge in [0.15, 0.2) is 11.5 Å². The fourth-order valence-electron chi connectivity index (χ4n) is 2.02. The van der Waals surface area contributed by atoms with E-state index >= 15 is 0 Å². The molecule has 0 heterocycles. The summed E-state index contributed by atoms with van der Waals surface area (Å²) in [5, 5.41) is 0. The lowest BCUT2D eigenvalue weighted by atomic mass is 10.1. The van der Waals surface area contributed by atoms with Gasteiger partial charge in [0, 0.05) is 0 Å². The third-order valence-electron chi connectivity index (χ3n) is 3.41. The molecule has 0 atom stereocenters. The average molecular weight is 268 g/mol. The van der Waals surface area contributed by atoms with E-state index in [-0.39, 0.29) is 0 Å².